The highest BCUT2D eigenvalue weighted by Gasteiger charge is 2.39. The Kier molecular flexibility index (Phi) is 12.0. The number of fused-ring (bicyclic) bond motifs is 7. The van der Waals surface area contributed by atoms with Gasteiger partial charge in [0.25, 0.3) is 11.8 Å². The SMILES string of the molecule is CNC(=O)c1ccc2c(c1)N1/C(=N/C(=O)c3cc(C)nc(c3)-c3cnn(C)c3OCCC[C@@H](C)C1C[C@H]1CCCCN1CCc1cc(F)c([C@H]3CCC(=O)NC3=O)c(F)c1)N2. The number of benzene rings is 2. The van der Waals surface area contributed by atoms with E-state index in [1.165, 1.54) is 12.1 Å². The Labute approximate surface area is 353 Å². The molecule has 0 saturated carbocycles. The van der Waals surface area contributed by atoms with E-state index in [0.29, 0.717) is 77.9 Å². The van der Waals surface area contributed by atoms with Gasteiger partial charge >= 0.3 is 0 Å². The maximum Gasteiger partial charge on any atom is 0.280 e. The Hall–Kier alpha value is -6.03. The molecule has 14 nitrogen and oxygen atoms in total. The van der Waals surface area contributed by atoms with Crippen molar-refractivity contribution in [2.75, 3.05) is 37.0 Å². The predicted molar refractivity (Wildman–Crippen MR) is 226 cm³/mol. The van der Waals surface area contributed by atoms with Gasteiger partial charge in [0.2, 0.25) is 23.7 Å². The number of halogens is 2. The van der Waals surface area contributed by atoms with Crippen molar-refractivity contribution in [3.63, 3.8) is 0 Å². The minimum Gasteiger partial charge on any atom is -0.477 e. The van der Waals surface area contributed by atoms with Crippen LogP contribution in [-0.2, 0) is 23.1 Å². The largest absolute Gasteiger partial charge is 0.477 e. The van der Waals surface area contributed by atoms with Gasteiger partial charge in [-0.05, 0) is 112 Å². The summed E-state index contributed by atoms with van der Waals surface area (Å²) in [5.74, 6) is -3.52. The summed E-state index contributed by atoms with van der Waals surface area (Å²) in [6.45, 7) is 5.78. The fraction of sp³-hybridized carbons (Fsp3) is 0.444. The highest BCUT2D eigenvalue weighted by molar-refractivity contribution is 6.20. The third-order valence-electron chi connectivity index (χ3n) is 12.5. The lowest BCUT2D eigenvalue weighted by Crippen LogP contribution is -2.50. The van der Waals surface area contributed by atoms with Gasteiger partial charge < -0.3 is 20.3 Å². The highest BCUT2D eigenvalue weighted by atomic mass is 19.1. The van der Waals surface area contributed by atoms with Gasteiger partial charge in [0, 0.05) is 61.5 Å². The summed E-state index contributed by atoms with van der Waals surface area (Å²) in [5.41, 5.74) is 4.32. The number of ether oxygens (including phenoxy) is 1. The molecule has 3 N–H and O–H groups in total. The van der Waals surface area contributed by atoms with Crippen LogP contribution in [0, 0.1) is 24.5 Å². The molecule has 0 aliphatic carbocycles. The molecule has 0 spiro atoms. The first kappa shape index (κ1) is 41.7. The van der Waals surface area contributed by atoms with E-state index < -0.39 is 35.3 Å². The normalized spacial score (nSPS) is 23.0. The van der Waals surface area contributed by atoms with Gasteiger partial charge in [-0.2, -0.15) is 10.1 Å². The molecule has 6 heterocycles. The lowest BCUT2D eigenvalue weighted by atomic mass is 9.86. The number of carbonyl (C=O) groups excluding carboxylic acids is 4. The molecule has 4 aliphatic heterocycles. The van der Waals surface area contributed by atoms with E-state index in [2.05, 4.69) is 37.8 Å². The fourth-order valence-corrected chi connectivity index (χ4v) is 9.31. The van der Waals surface area contributed by atoms with Crippen molar-refractivity contribution in [3.8, 4) is 17.1 Å². The number of imide groups is 1. The Bertz CT molecular complexity index is 2390. The average molecular weight is 836 g/mol. The topological polar surface area (TPSA) is 163 Å². The van der Waals surface area contributed by atoms with Crippen molar-refractivity contribution >= 4 is 41.0 Å². The number of carbonyl (C=O) groups is 4. The molecular weight excluding hydrogens is 785 g/mol. The minimum atomic E-state index is -1.06. The highest BCUT2D eigenvalue weighted by Crippen LogP contribution is 2.40. The standard InChI is InChI=1S/C45H51F2N9O5/c1-25-8-7-17-61-44-32(24-49-54(44)4)36-21-29(18-26(2)50-36)42(59)53-45-51-35-12-10-28(41(58)48-3)22-38(35)56(45)37(25)23-30-9-5-6-15-55(30)16-14-27-19-33(46)40(34(47)20-27)31-11-13-39(57)52-43(31)60/h10,12,18-22,24-25,30-31,37H,5-9,11,13-17,23H2,1-4H3,(H,48,58)(H,51,53,59)(H,52,57,60)/t25-,30-,31-,37?/m1/s1. The average Bonchev–Trinajstić information content (AvgIpc) is 3.78. The molecule has 2 aromatic heterocycles. The second-order valence-electron chi connectivity index (χ2n) is 16.6. The van der Waals surface area contributed by atoms with Crippen molar-refractivity contribution < 1.29 is 32.7 Å². The summed E-state index contributed by atoms with van der Waals surface area (Å²) in [6, 6.07) is 11.3. The summed E-state index contributed by atoms with van der Waals surface area (Å²) in [5, 5.41) is 12.8. The van der Waals surface area contributed by atoms with E-state index in [-0.39, 0.29) is 42.3 Å². The molecule has 2 saturated heterocycles. The van der Waals surface area contributed by atoms with E-state index >= 15 is 8.78 Å². The Balaban J connectivity index is 1.12. The molecule has 2 aromatic carbocycles. The van der Waals surface area contributed by atoms with E-state index in [1.54, 1.807) is 36.1 Å². The lowest BCUT2D eigenvalue weighted by Gasteiger charge is -2.42. The van der Waals surface area contributed by atoms with Crippen LogP contribution >= 0.6 is 0 Å². The fourth-order valence-electron chi connectivity index (χ4n) is 9.31. The number of anilines is 2. The zero-order valence-corrected chi connectivity index (χ0v) is 34.9. The van der Waals surface area contributed by atoms with Crippen molar-refractivity contribution in [2.45, 2.75) is 89.6 Å². The first-order chi connectivity index (χ1) is 29.4. The quantitative estimate of drug-likeness (QED) is 0.187. The van der Waals surface area contributed by atoms with Crippen LogP contribution in [0.5, 0.6) is 5.88 Å². The number of aromatic nitrogens is 3. The molecule has 61 heavy (non-hydrogen) atoms. The third kappa shape index (κ3) is 8.63. The first-order valence-corrected chi connectivity index (χ1v) is 21.1. The molecular formula is C45H51F2N9O5. The van der Waals surface area contributed by atoms with Gasteiger partial charge in [-0.1, -0.05) is 13.3 Å². The van der Waals surface area contributed by atoms with Crippen molar-refractivity contribution in [3.05, 3.63) is 88.2 Å². The number of nitrogens with zero attached hydrogens (tertiary/aromatic N) is 6. The summed E-state index contributed by atoms with van der Waals surface area (Å²) in [4.78, 5) is 65.3. The van der Waals surface area contributed by atoms with Crippen molar-refractivity contribution in [1.82, 2.24) is 30.3 Å². The first-order valence-electron chi connectivity index (χ1n) is 21.1. The van der Waals surface area contributed by atoms with Crippen LogP contribution in [-0.4, -0.2) is 88.1 Å². The zero-order chi connectivity index (χ0) is 42.9. The Morgan fingerprint density at radius 1 is 1.00 bits per heavy atom. The van der Waals surface area contributed by atoms with Gasteiger partial charge in [0.15, 0.2) is 0 Å². The number of aliphatic imine (C=N–C) groups is 1. The molecule has 0 radical (unpaired) electrons. The van der Waals surface area contributed by atoms with Gasteiger partial charge in [0.1, 0.15) is 11.6 Å². The van der Waals surface area contributed by atoms with Crippen LogP contribution in [0.25, 0.3) is 11.3 Å². The predicted octanol–water partition coefficient (Wildman–Crippen LogP) is 6.04. The summed E-state index contributed by atoms with van der Waals surface area (Å²) < 4.78 is 39.1. The number of hydrogen-bond acceptors (Lipinski definition) is 10. The van der Waals surface area contributed by atoms with E-state index in [9.17, 15) is 19.2 Å². The van der Waals surface area contributed by atoms with Gasteiger partial charge in [-0.15, -0.1) is 0 Å². The second kappa shape index (κ2) is 17.5. The summed E-state index contributed by atoms with van der Waals surface area (Å²) in [6.07, 6.45) is 7.16. The van der Waals surface area contributed by atoms with Crippen molar-refractivity contribution in [1.29, 1.82) is 0 Å². The number of amides is 4. The molecule has 4 amide bonds. The van der Waals surface area contributed by atoms with Crippen LogP contribution in [0.2, 0.25) is 0 Å². The van der Waals surface area contributed by atoms with Crippen molar-refractivity contribution in [2.24, 2.45) is 18.0 Å². The molecule has 4 atom stereocenters. The van der Waals surface area contributed by atoms with Crippen LogP contribution in [0.4, 0.5) is 20.2 Å². The van der Waals surface area contributed by atoms with E-state index in [4.69, 9.17) is 14.7 Å². The molecule has 16 heteroatoms. The number of nitrogens with one attached hydrogen (secondary N) is 3. The van der Waals surface area contributed by atoms with Gasteiger partial charge in [-0.3, -0.25) is 34.4 Å². The number of pyridine rings is 1. The maximum atomic E-state index is 15.5. The van der Waals surface area contributed by atoms with Crippen LogP contribution in [0.15, 0.2) is 53.7 Å². The third-order valence-corrected chi connectivity index (χ3v) is 12.5. The second-order valence-corrected chi connectivity index (χ2v) is 16.6. The maximum absolute atomic E-state index is 15.5. The molecule has 320 valence electrons. The number of rotatable bonds is 7. The molecule has 1 unspecified atom stereocenters. The Morgan fingerprint density at radius 2 is 1.80 bits per heavy atom. The van der Waals surface area contributed by atoms with Crippen LogP contribution in [0.3, 0.4) is 0 Å². The smallest absolute Gasteiger partial charge is 0.280 e. The molecule has 2 bridgehead atoms. The molecule has 4 aromatic rings. The van der Waals surface area contributed by atoms with Crippen LogP contribution < -0.4 is 25.6 Å². The lowest BCUT2D eigenvalue weighted by molar-refractivity contribution is -0.134. The zero-order valence-electron chi connectivity index (χ0n) is 34.9. The Morgan fingerprint density at radius 3 is 2.57 bits per heavy atom. The van der Waals surface area contributed by atoms with E-state index in [1.807, 2.05) is 26.1 Å². The molecule has 4 aliphatic rings. The van der Waals surface area contributed by atoms with Gasteiger partial charge in [0.05, 0.1) is 41.4 Å². The minimum absolute atomic E-state index is 0.0240. The number of piperidine rings is 2. The summed E-state index contributed by atoms with van der Waals surface area (Å²) >= 11 is 0. The number of likely N-dealkylation sites (tertiary alicyclic amines) is 1. The molecule has 2 fully saturated rings. The number of hydrogen-bond donors (Lipinski definition) is 3. The monoisotopic (exact) mass is 835 g/mol. The van der Waals surface area contributed by atoms with Crippen LogP contribution in [0.1, 0.15) is 102 Å². The number of guanidine groups is 1. The summed E-state index contributed by atoms with van der Waals surface area (Å²) in [7, 11) is 3.40. The van der Waals surface area contributed by atoms with Gasteiger partial charge in [-0.25, -0.2) is 13.5 Å². The number of aryl methyl sites for hydroxylation is 2. The molecule has 8 rings (SSSR count). The van der Waals surface area contributed by atoms with E-state index in [0.717, 1.165) is 43.6 Å².